The van der Waals surface area contributed by atoms with Crippen molar-refractivity contribution in [3.63, 3.8) is 0 Å². The van der Waals surface area contributed by atoms with Crippen LogP contribution in [-0.2, 0) is 4.74 Å². The first kappa shape index (κ1) is 12.1. The van der Waals surface area contributed by atoms with Crippen molar-refractivity contribution in [2.45, 2.75) is 45.3 Å². The molecule has 3 heteroatoms. The molecule has 1 aliphatic rings. The van der Waals surface area contributed by atoms with Crippen LogP contribution in [0.25, 0.3) is 0 Å². The lowest BCUT2D eigenvalue weighted by Gasteiger charge is -2.36. The lowest BCUT2D eigenvalue weighted by molar-refractivity contribution is -0.0281. The van der Waals surface area contributed by atoms with Crippen molar-refractivity contribution in [1.29, 1.82) is 0 Å². The Morgan fingerprint density at radius 3 is 2.81 bits per heavy atom. The topological polar surface area (TPSA) is 35.2 Å². The summed E-state index contributed by atoms with van der Waals surface area (Å²) in [4.78, 5) is 2.68. The summed E-state index contributed by atoms with van der Waals surface area (Å²) < 4.78 is 5.56. The van der Waals surface area contributed by atoms with Crippen LogP contribution in [0.1, 0.15) is 42.0 Å². The first-order valence-corrected chi connectivity index (χ1v) is 6.94. The number of aryl methyl sites for hydroxylation is 1. The quantitative estimate of drug-likeness (QED) is 0.856. The van der Waals surface area contributed by atoms with Crippen LogP contribution in [0, 0.1) is 12.8 Å². The maximum atomic E-state index is 6.21. The van der Waals surface area contributed by atoms with Gasteiger partial charge in [-0.3, -0.25) is 0 Å². The Bertz CT molecular complexity index is 330. The van der Waals surface area contributed by atoms with E-state index in [0.717, 1.165) is 18.9 Å². The molecule has 0 bridgehead atoms. The molecular weight excluding hydrogens is 218 g/mol. The Balaban J connectivity index is 1.75. The minimum absolute atomic E-state index is 0.228. The third kappa shape index (κ3) is 2.84. The molecule has 1 aliphatic carbocycles. The Morgan fingerprint density at radius 1 is 1.50 bits per heavy atom. The number of thiophene rings is 1. The molecule has 16 heavy (non-hydrogen) atoms. The standard InChI is InChI=1S/C13H21NOS/c1-3-15-11-6-10(7-11)8-12(14)13-5-4-9(2)16-13/h4-5,10-12H,3,6-8,14H2,1-2H3. The fourth-order valence-corrected chi connectivity index (χ4v) is 3.26. The molecule has 0 amide bonds. The van der Waals surface area contributed by atoms with Gasteiger partial charge in [-0.25, -0.2) is 0 Å². The SMILES string of the molecule is CCOC1CC(CC(N)c2ccc(C)s2)C1. The van der Waals surface area contributed by atoms with Crippen molar-refractivity contribution in [2.75, 3.05) is 6.61 Å². The van der Waals surface area contributed by atoms with Gasteiger partial charge in [0.15, 0.2) is 0 Å². The molecule has 1 aromatic heterocycles. The maximum Gasteiger partial charge on any atom is 0.0580 e. The molecule has 1 heterocycles. The third-order valence-electron chi connectivity index (χ3n) is 3.31. The molecular formula is C13H21NOS. The van der Waals surface area contributed by atoms with Crippen molar-refractivity contribution >= 4 is 11.3 Å². The fourth-order valence-electron chi connectivity index (χ4n) is 2.37. The summed E-state index contributed by atoms with van der Waals surface area (Å²) in [7, 11) is 0. The second kappa shape index (κ2) is 5.30. The highest BCUT2D eigenvalue weighted by Crippen LogP contribution is 2.37. The van der Waals surface area contributed by atoms with E-state index in [0.29, 0.717) is 6.10 Å². The number of nitrogens with two attached hydrogens (primary N) is 1. The summed E-state index contributed by atoms with van der Waals surface area (Å²) in [5, 5.41) is 0. The molecule has 1 saturated carbocycles. The van der Waals surface area contributed by atoms with Gasteiger partial charge in [-0.15, -0.1) is 11.3 Å². The highest BCUT2D eigenvalue weighted by molar-refractivity contribution is 7.12. The third-order valence-corrected chi connectivity index (χ3v) is 4.44. The van der Waals surface area contributed by atoms with Gasteiger partial charge in [-0.05, 0) is 51.2 Å². The van der Waals surface area contributed by atoms with E-state index in [1.54, 1.807) is 0 Å². The fraction of sp³-hybridized carbons (Fsp3) is 0.692. The minimum atomic E-state index is 0.228. The van der Waals surface area contributed by atoms with Gasteiger partial charge in [0.2, 0.25) is 0 Å². The van der Waals surface area contributed by atoms with Crippen LogP contribution in [0.15, 0.2) is 12.1 Å². The Kier molecular flexibility index (Phi) is 4.00. The summed E-state index contributed by atoms with van der Waals surface area (Å²) >= 11 is 1.83. The van der Waals surface area contributed by atoms with E-state index in [2.05, 4.69) is 26.0 Å². The van der Waals surface area contributed by atoms with Gasteiger partial charge in [0.05, 0.1) is 6.10 Å². The zero-order chi connectivity index (χ0) is 11.5. The number of hydrogen-bond donors (Lipinski definition) is 1. The predicted octanol–water partition coefficient (Wildman–Crippen LogP) is 3.26. The first-order chi connectivity index (χ1) is 7.69. The molecule has 2 N–H and O–H groups in total. The highest BCUT2D eigenvalue weighted by atomic mass is 32.1. The highest BCUT2D eigenvalue weighted by Gasteiger charge is 2.31. The second-order valence-corrected chi connectivity index (χ2v) is 6.02. The van der Waals surface area contributed by atoms with Crippen molar-refractivity contribution in [3.8, 4) is 0 Å². The smallest absolute Gasteiger partial charge is 0.0580 e. The van der Waals surface area contributed by atoms with Gasteiger partial charge in [0.1, 0.15) is 0 Å². The molecule has 2 rings (SSSR count). The predicted molar refractivity (Wildman–Crippen MR) is 68.7 cm³/mol. The lowest BCUT2D eigenvalue weighted by atomic mass is 9.78. The lowest BCUT2D eigenvalue weighted by Crippen LogP contribution is -2.33. The van der Waals surface area contributed by atoms with E-state index in [1.165, 1.54) is 22.6 Å². The molecule has 2 nitrogen and oxygen atoms in total. The van der Waals surface area contributed by atoms with Crippen LogP contribution in [0.4, 0.5) is 0 Å². The van der Waals surface area contributed by atoms with E-state index in [9.17, 15) is 0 Å². The molecule has 1 fully saturated rings. The van der Waals surface area contributed by atoms with E-state index < -0.39 is 0 Å². The molecule has 1 aromatic rings. The Hall–Kier alpha value is -0.380. The molecule has 90 valence electrons. The van der Waals surface area contributed by atoms with E-state index >= 15 is 0 Å². The summed E-state index contributed by atoms with van der Waals surface area (Å²) in [6.07, 6.45) is 4.02. The number of rotatable bonds is 5. The van der Waals surface area contributed by atoms with Crippen molar-refractivity contribution in [1.82, 2.24) is 0 Å². The van der Waals surface area contributed by atoms with Gasteiger partial charge in [0.25, 0.3) is 0 Å². The molecule has 0 aliphatic heterocycles. The van der Waals surface area contributed by atoms with E-state index in [1.807, 2.05) is 11.3 Å². The molecule has 0 aromatic carbocycles. The van der Waals surface area contributed by atoms with Crippen molar-refractivity contribution in [3.05, 3.63) is 21.9 Å². The average molecular weight is 239 g/mol. The van der Waals surface area contributed by atoms with E-state index in [-0.39, 0.29) is 6.04 Å². The van der Waals surface area contributed by atoms with Gasteiger partial charge >= 0.3 is 0 Å². The van der Waals surface area contributed by atoms with Crippen LogP contribution >= 0.6 is 11.3 Å². The number of ether oxygens (including phenoxy) is 1. The van der Waals surface area contributed by atoms with Crippen LogP contribution in [0.3, 0.4) is 0 Å². The zero-order valence-electron chi connectivity index (χ0n) is 10.1. The summed E-state index contributed by atoms with van der Waals surface area (Å²) in [5.41, 5.74) is 6.21. The normalized spacial score (nSPS) is 26.4. The summed E-state index contributed by atoms with van der Waals surface area (Å²) in [5.74, 6) is 0.772. The molecule has 1 unspecified atom stereocenters. The van der Waals surface area contributed by atoms with Crippen molar-refractivity contribution in [2.24, 2.45) is 11.7 Å². The van der Waals surface area contributed by atoms with Gasteiger partial charge in [-0.1, -0.05) is 0 Å². The second-order valence-electron chi connectivity index (χ2n) is 4.71. The monoisotopic (exact) mass is 239 g/mol. The van der Waals surface area contributed by atoms with Gasteiger partial charge in [0, 0.05) is 22.4 Å². The molecule has 0 saturated heterocycles. The summed E-state index contributed by atoms with van der Waals surface area (Å²) in [6.45, 7) is 5.04. The van der Waals surface area contributed by atoms with Crippen LogP contribution < -0.4 is 5.73 Å². The average Bonchev–Trinajstić information content (AvgIpc) is 2.61. The van der Waals surface area contributed by atoms with Gasteiger partial charge < -0.3 is 10.5 Å². The molecule has 0 radical (unpaired) electrons. The van der Waals surface area contributed by atoms with Crippen LogP contribution in [-0.4, -0.2) is 12.7 Å². The zero-order valence-corrected chi connectivity index (χ0v) is 10.9. The summed E-state index contributed by atoms with van der Waals surface area (Å²) in [6, 6.07) is 4.55. The minimum Gasteiger partial charge on any atom is -0.378 e. The van der Waals surface area contributed by atoms with Crippen molar-refractivity contribution < 1.29 is 4.74 Å². The van der Waals surface area contributed by atoms with E-state index in [4.69, 9.17) is 10.5 Å². The van der Waals surface area contributed by atoms with Gasteiger partial charge in [-0.2, -0.15) is 0 Å². The maximum absolute atomic E-state index is 6.21. The van der Waals surface area contributed by atoms with Crippen LogP contribution in [0.2, 0.25) is 0 Å². The Labute approximate surface area is 102 Å². The molecule has 0 spiro atoms. The Morgan fingerprint density at radius 2 is 2.25 bits per heavy atom. The van der Waals surface area contributed by atoms with Crippen LogP contribution in [0.5, 0.6) is 0 Å². The molecule has 1 atom stereocenters. The largest absolute Gasteiger partial charge is 0.378 e. The first-order valence-electron chi connectivity index (χ1n) is 6.12. The number of hydrogen-bond acceptors (Lipinski definition) is 3.